The lowest BCUT2D eigenvalue weighted by Crippen LogP contribution is -2.38. The minimum Gasteiger partial charge on any atom is -0.756 e. The Labute approximate surface area is 172 Å². The van der Waals surface area contributed by atoms with E-state index >= 15 is 0 Å². The molecule has 3 heterocycles. The number of pyridine rings is 2. The predicted molar refractivity (Wildman–Crippen MR) is 103 cm³/mol. The molecule has 0 amide bonds. The largest absolute Gasteiger partial charge is 0.756 e. The third-order valence-electron chi connectivity index (χ3n) is 4.65. The van der Waals surface area contributed by atoms with Crippen molar-refractivity contribution in [1.29, 1.82) is 0 Å². The lowest BCUT2D eigenvalue weighted by atomic mass is 10.1. The van der Waals surface area contributed by atoms with Crippen LogP contribution in [0, 0.1) is 5.92 Å². The average Bonchev–Trinajstić information content (AvgIpc) is 3.43. The van der Waals surface area contributed by atoms with Gasteiger partial charge in [0.2, 0.25) is 5.88 Å². The number of nitrogen functional groups attached to an aromatic ring is 1. The van der Waals surface area contributed by atoms with Gasteiger partial charge in [0.1, 0.15) is 5.56 Å². The van der Waals surface area contributed by atoms with Gasteiger partial charge in [-0.1, -0.05) is 11.2 Å². The number of nitrogens with two attached hydrogens (primary N) is 1. The van der Waals surface area contributed by atoms with Crippen molar-refractivity contribution in [2.45, 2.75) is 26.0 Å². The molecule has 1 fully saturated rings. The molecule has 4 rings (SSSR count). The molecule has 0 spiro atoms. The molecule has 10 nitrogen and oxygen atoms in total. The maximum absolute atomic E-state index is 10.8. The van der Waals surface area contributed by atoms with E-state index in [-0.39, 0.29) is 5.82 Å². The Balaban J connectivity index is 1.43. The summed E-state index contributed by atoms with van der Waals surface area (Å²) in [6.07, 6.45) is 6.23. The SMILES string of the molecule is Nc1c(-c2cc(Cc3ccc(OCC4CC4)nc3)no2)ccc[n+]1COP(=O)([O-])O. The van der Waals surface area contributed by atoms with Gasteiger partial charge in [0.15, 0.2) is 12.5 Å². The highest BCUT2D eigenvalue weighted by atomic mass is 31.2. The summed E-state index contributed by atoms with van der Waals surface area (Å²) >= 11 is 0. The Morgan fingerprint density at radius 1 is 1.37 bits per heavy atom. The first kappa shape index (κ1) is 20.5. The van der Waals surface area contributed by atoms with Crippen molar-refractivity contribution in [2.24, 2.45) is 5.92 Å². The zero-order valence-corrected chi connectivity index (χ0v) is 16.9. The summed E-state index contributed by atoms with van der Waals surface area (Å²) in [5.41, 5.74) is 8.22. The van der Waals surface area contributed by atoms with E-state index in [0.717, 1.165) is 5.56 Å². The first-order chi connectivity index (χ1) is 14.4. The van der Waals surface area contributed by atoms with Gasteiger partial charge in [-0.25, -0.2) is 9.55 Å². The van der Waals surface area contributed by atoms with Gasteiger partial charge in [0.05, 0.1) is 18.5 Å². The Bertz CT molecular complexity index is 1060. The summed E-state index contributed by atoms with van der Waals surface area (Å²) in [6, 6.07) is 8.88. The third-order valence-corrected chi connectivity index (χ3v) is 5.09. The van der Waals surface area contributed by atoms with E-state index in [0.29, 0.717) is 41.8 Å². The molecular formula is C19H21N4O6P. The first-order valence-corrected chi connectivity index (χ1v) is 10.9. The van der Waals surface area contributed by atoms with Crippen LogP contribution in [0.4, 0.5) is 5.82 Å². The standard InChI is InChI=1S/C19H21N4O6P/c20-19-16(2-1-7-23(19)12-28-30(24,25)26)17-9-15(22-29-17)8-14-5-6-18(21-10-14)27-11-13-3-4-13/h1-2,5-7,9-10,13,20H,3-4,8,11-12H2,(H2,24,25,26). The fourth-order valence-electron chi connectivity index (χ4n) is 2.84. The summed E-state index contributed by atoms with van der Waals surface area (Å²) < 4.78 is 27.6. The number of ether oxygens (including phenoxy) is 1. The summed E-state index contributed by atoms with van der Waals surface area (Å²) in [6.45, 7) is 0.256. The molecule has 30 heavy (non-hydrogen) atoms. The summed E-state index contributed by atoms with van der Waals surface area (Å²) in [7, 11) is -4.86. The Kier molecular flexibility index (Phi) is 5.83. The summed E-state index contributed by atoms with van der Waals surface area (Å²) in [5.74, 6) is 1.90. The van der Waals surface area contributed by atoms with E-state index in [1.54, 1.807) is 24.4 Å². The highest BCUT2D eigenvalue weighted by Crippen LogP contribution is 2.31. The normalized spacial score (nSPS) is 15.7. The van der Waals surface area contributed by atoms with Crippen LogP contribution in [0.15, 0.2) is 47.2 Å². The number of phosphoric acid groups is 1. The van der Waals surface area contributed by atoms with Crippen molar-refractivity contribution in [1.82, 2.24) is 10.1 Å². The Morgan fingerprint density at radius 3 is 2.90 bits per heavy atom. The van der Waals surface area contributed by atoms with Crippen molar-refractivity contribution in [3.63, 3.8) is 0 Å². The first-order valence-electron chi connectivity index (χ1n) is 9.37. The molecule has 158 valence electrons. The second-order valence-electron chi connectivity index (χ2n) is 7.12. The van der Waals surface area contributed by atoms with Crippen LogP contribution in [0.1, 0.15) is 24.1 Å². The number of aromatic nitrogens is 3. The Hall–Kier alpha value is -2.78. The quantitative estimate of drug-likeness (QED) is 0.378. The van der Waals surface area contributed by atoms with Gasteiger partial charge in [-0.2, -0.15) is 0 Å². The van der Waals surface area contributed by atoms with Gasteiger partial charge in [-0.3, -0.25) is 14.8 Å². The molecule has 1 unspecified atom stereocenters. The zero-order valence-electron chi connectivity index (χ0n) is 16.0. The van der Waals surface area contributed by atoms with E-state index in [1.165, 1.54) is 23.6 Å². The number of rotatable bonds is 9. The second kappa shape index (κ2) is 8.53. The number of hydrogen-bond donors (Lipinski definition) is 2. The molecule has 1 atom stereocenters. The van der Waals surface area contributed by atoms with Gasteiger partial charge in [0, 0.05) is 24.8 Å². The fraction of sp³-hybridized carbons (Fsp3) is 0.316. The number of hydrogen-bond acceptors (Lipinski definition) is 8. The maximum Gasteiger partial charge on any atom is 0.285 e. The molecule has 11 heteroatoms. The molecule has 3 aromatic heterocycles. The van der Waals surface area contributed by atoms with Crippen LogP contribution in [0.3, 0.4) is 0 Å². The molecule has 0 bridgehead atoms. The van der Waals surface area contributed by atoms with Crippen LogP contribution in [0.2, 0.25) is 0 Å². The lowest BCUT2D eigenvalue weighted by Gasteiger charge is -2.14. The van der Waals surface area contributed by atoms with Crippen LogP contribution in [0.5, 0.6) is 5.88 Å². The van der Waals surface area contributed by atoms with Crippen LogP contribution in [0.25, 0.3) is 11.3 Å². The topological polar surface area (TPSA) is 148 Å². The van der Waals surface area contributed by atoms with E-state index in [2.05, 4.69) is 14.7 Å². The number of nitrogens with zero attached hydrogens (tertiary/aromatic N) is 3. The van der Waals surface area contributed by atoms with E-state index < -0.39 is 14.6 Å². The van der Waals surface area contributed by atoms with Crippen molar-refractivity contribution in [3.05, 3.63) is 54.0 Å². The molecule has 0 radical (unpaired) electrons. The minimum absolute atomic E-state index is 0.201. The van der Waals surface area contributed by atoms with E-state index in [9.17, 15) is 9.46 Å². The lowest BCUT2D eigenvalue weighted by molar-refractivity contribution is -0.712. The van der Waals surface area contributed by atoms with Crippen LogP contribution >= 0.6 is 7.82 Å². The molecule has 1 saturated carbocycles. The van der Waals surface area contributed by atoms with Crippen LogP contribution in [-0.2, 0) is 22.2 Å². The van der Waals surface area contributed by atoms with Crippen molar-refractivity contribution in [2.75, 3.05) is 12.3 Å². The third kappa shape index (κ3) is 5.43. The van der Waals surface area contributed by atoms with Gasteiger partial charge < -0.3 is 19.0 Å². The van der Waals surface area contributed by atoms with Crippen molar-refractivity contribution < 1.29 is 32.7 Å². The molecule has 0 saturated heterocycles. The van der Waals surface area contributed by atoms with E-state index in [1.807, 2.05) is 12.1 Å². The molecule has 3 N–H and O–H groups in total. The highest BCUT2D eigenvalue weighted by molar-refractivity contribution is 7.44. The highest BCUT2D eigenvalue weighted by Gasteiger charge is 2.22. The monoisotopic (exact) mass is 432 g/mol. The smallest absolute Gasteiger partial charge is 0.285 e. The maximum atomic E-state index is 10.8. The molecule has 0 aliphatic heterocycles. The summed E-state index contributed by atoms with van der Waals surface area (Å²) in [5, 5.41) is 4.07. The van der Waals surface area contributed by atoms with Gasteiger partial charge >= 0.3 is 0 Å². The van der Waals surface area contributed by atoms with Crippen LogP contribution in [-0.4, -0.2) is 21.6 Å². The van der Waals surface area contributed by atoms with Crippen LogP contribution < -0.4 is 19.9 Å². The van der Waals surface area contributed by atoms with Gasteiger partial charge in [-0.05, 0) is 36.5 Å². The summed E-state index contributed by atoms with van der Waals surface area (Å²) in [4.78, 5) is 23.9. The molecule has 1 aliphatic rings. The number of phosphoric ester groups is 1. The number of anilines is 1. The molecule has 0 aromatic carbocycles. The predicted octanol–water partition coefficient (Wildman–Crippen LogP) is 1.42. The Morgan fingerprint density at radius 2 is 2.20 bits per heavy atom. The fourth-order valence-corrected chi connectivity index (χ4v) is 3.11. The molecule has 3 aromatic rings. The second-order valence-corrected chi connectivity index (χ2v) is 8.32. The molecule has 1 aliphatic carbocycles. The van der Waals surface area contributed by atoms with Crippen molar-refractivity contribution >= 4 is 13.6 Å². The average molecular weight is 432 g/mol. The molecular weight excluding hydrogens is 411 g/mol. The van der Waals surface area contributed by atoms with Gasteiger partial charge in [0.25, 0.3) is 13.6 Å². The zero-order chi connectivity index (χ0) is 21.1. The van der Waals surface area contributed by atoms with Gasteiger partial charge in [-0.15, -0.1) is 0 Å². The van der Waals surface area contributed by atoms with E-state index in [4.69, 9.17) is 19.9 Å². The minimum atomic E-state index is -4.86. The van der Waals surface area contributed by atoms with Crippen molar-refractivity contribution in [3.8, 4) is 17.2 Å².